The highest BCUT2D eigenvalue weighted by Crippen LogP contribution is 2.46. The van der Waals surface area contributed by atoms with E-state index in [0.717, 1.165) is 30.7 Å². The first-order valence-electron chi connectivity index (χ1n) is 13.7. The van der Waals surface area contributed by atoms with Crippen LogP contribution in [0.1, 0.15) is 123 Å². The van der Waals surface area contributed by atoms with Gasteiger partial charge < -0.3 is 9.84 Å². The SMILES string of the molecule is C/C(=C\c1ncc(C(=O)CCCC(OC(C)C)C(CO)C2CC2C)nc1C)C(C)(C)C.CCCC. The molecule has 0 amide bonds. The minimum atomic E-state index is -0.00606. The van der Waals surface area contributed by atoms with Crippen molar-refractivity contribution >= 4 is 11.9 Å². The van der Waals surface area contributed by atoms with Crippen LogP contribution in [0.25, 0.3) is 6.08 Å². The van der Waals surface area contributed by atoms with Gasteiger partial charge in [-0.2, -0.15) is 0 Å². The maximum absolute atomic E-state index is 12.7. The Kier molecular flexibility index (Phi) is 13.3. The van der Waals surface area contributed by atoms with Crippen LogP contribution >= 0.6 is 0 Å². The third kappa shape index (κ3) is 10.9. The topological polar surface area (TPSA) is 72.3 Å². The minimum Gasteiger partial charge on any atom is -0.396 e. The summed E-state index contributed by atoms with van der Waals surface area (Å²) >= 11 is 0. The highest BCUT2D eigenvalue weighted by atomic mass is 16.5. The van der Waals surface area contributed by atoms with Crippen LogP contribution in [-0.2, 0) is 4.74 Å². The van der Waals surface area contributed by atoms with Gasteiger partial charge >= 0.3 is 0 Å². The van der Waals surface area contributed by atoms with E-state index in [9.17, 15) is 9.90 Å². The number of ether oxygens (including phenoxy) is 1. The van der Waals surface area contributed by atoms with Crippen LogP contribution in [0.5, 0.6) is 0 Å². The number of carbonyl (C=O) groups excluding carboxylic acids is 1. The molecular weight excluding hydrogens is 436 g/mol. The van der Waals surface area contributed by atoms with Crippen LogP contribution in [0, 0.1) is 30.1 Å². The maximum Gasteiger partial charge on any atom is 0.182 e. The second-order valence-electron chi connectivity index (χ2n) is 11.6. The maximum atomic E-state index is 12.7. The fourth-order valence-corrected chi connectivity index (χ4v) is 3.99. The Morgan fingerprint density at radius 2 is 1.86 bits per heavy atom. The molecule has 1 aliphatic rings. The largest absolute Gasteiger partial charge is 0.396 e. The van der Waals surface area contributed by atoms with Gasteiger partial charge in [0.15, 0.2) is 5.78 Å². The summed E-state index contributed by atoms with van der Waals surface area (Å²) in [6, 6.07) is 0. The van der Waals surface area contributed by atoms with Crippen molar-refractivity contribution in [2.45, 2.75) is 120 Å². The van der Waals surface area contributed by atoms with Crippen molar-refractivity contribution in [1.29, 1.82) is 0 Å². The number of hydrogen-bond donors (Lipinski definition) is 1. The third-order valence-corrected chi connectivity index (χ3v) is 7.06. The summed E-state index contributed by atoms with van der Waals surface area (Å²) in [6.45, 7) is 21.3. The van der Waals surface area contributed by atoms with E-state index in [1.54, 1.807) is 6.20 Å². The summed E-state index contributed by atoms with van der Waals surface area (Å²) in [7, 11) is 0. The summed E-state index contributed by atoms with van der Waals surface area (Å²) in [4.78, 5) is 21.7. The van der Waals surface area contributed by atoms with Crippen LogP contribution in [0.15, 0.2) is 11.8 Å². The number of Topliss-reactive ketones (excluding diaryl/α,β-unsaturated/α-hetero) is 1. The molecule has 1 aliphatic carbocycles. The van der Waals surface area contributed by atoms with Crippen LogP contribution in [-0.4, -0.2) is 39.7 Å². The van der Waals surface area contributed by atoms with Gasteiger partial charge in [0.2, 0.25) is 0 Å². The summed E-state index contributed by atoms with van der Waals surface area (Å²) in [6.07, 6.45) is 9.46. The van der Waals surface area contributed by atoms with Crippen LogP contribution in [0.3, 0.4) is 0 Å². The van der Waals surface area contributed by atoms with Gasteiger partial charge in [-0.15, -0.1) is 0 Å². The number of aliphatic hydroxyl groups excluding tert-OH is 1. The average Bonchev–Trinajstić information content (AvgIpc) is 3.50. The Morgan fingerprint density at radius 1 is 1.26 bits per heavy atom. The molecule has 0 saturated heterocycles. The molecule has 5 heteroatoms. The molecule has 35 heavy (non-hydrogen) atoms. The number of aryl methyl sites for hydroxylation is 1. The minimum absolute atomic E-state index is 0.00606. The number of ketones is 1. The lowest BCUT2D eigenvalue weighted by atomic mass is 9.87. The van der Waals surface area contributed by atoms with Gasteiger partial charge in [0, 0.05) is 18.9 Å². The Bertz CT molecular complexity index is 808. The van der Waals surface area contributed by atoms with E-state index in [0.29, 0.717) is 24.0 Å². The summed E-state index contributed by atoms with van der Waals surface area (Å²) in [5.41, 5.74) is 3.32. The molecule has 0 aliphatic heterocycles. The molecule has 1 aromatic rings. The molecule has 0 bridgehead atoms. The fraction of sp³-hybridized carbons (Fsp3) is 0.767. The lowest BCUT2D eigenvalue weighted by Crippen LogP contribution is -2.31. The normalized spacial score (nSPS) is 19.7. The first kappa shape index (κ1) is 31.4. The molecule has 1 aromatic heterocycles. The van der Waals surface area contributed by atoms with Crippen molar-refractivity contribution in [2.24, 2.45) is 23.2 Å². The molecule has 4 atom stereocenters. The van der Waals surface area contributed by atoms with E-state index in [1.165, 1.54) is 18.4 Å². The summed E-state index contributed by atoms with van der Waals surface area (Å²) < 4.78 is 6.13. The van der Waals surface area contributed by atoms with Gasteiger partial charge in [0.25, 0.3) is 0 Å². The second-order valence-corrected chi connectivity index (χ2v) is 11.6. The van der Waals surface area contributed by atoms with Crippen LogP contribution in [0.2, 0.25) is 0 Å². The first-order chi connectivity index (χ1) is 16.3. The van der Waals surface area contributed by atoms with E-state index < -0.39 is 0 Å². The Hall–Kier alpha value is -1.59. The summed E-state index contributed by atoms with van der Waals surface area (Å²) in [5, 5.41) is 9.92. The number of aromatic nitrogens is 2. The van der Waals surface area contributed by atoms with Gasteiger partial charge in [-0.1, -0.05) is 60.0 Å². The molecule has 1 saturated carbocycles. The number of rotatable bonds is 12. The van der Waals surface area contributed by atoms with E-state index in [-0.39, 0.29) is 35.9 Å². The molecule has 2 rings (SSSR count). The van der Waals surface area contributed by atoms with Gasteiger partial charge in [0.1, 0.15) is 5.69 Å². The van der Waals surface area contributed by atoms with E-state index in [4.69, 9.17) is 4.74 Å². The zero-order valence-corrected chi connectivity index (χ0v) is 24.1. The molecule has 1 N–H and O–H groups in total. The third-order valence-electron chi connectivity index (χ3n) is 7.06. The van der Waals surface area contributed by atoms with Crippen molar-refractivity contribution in [2.75, 3.05) is 6.61 Å². The Morgan fingerprint density at radius 3 is 2.29 bits per heavy atom. The number of nitrogens with zero attached hydrogens (tertiary/aromatic N) is 2. The number of aliphatic hydroxyl groups is 1. The van der Waals surface area contributed by atoms with Crippen molar-refractivity contribution in [3.05, 3.63) is 28.9 Å². The molecular formula is C30H52N2O3. The average molecular weight is 489 g/mol. The number of carbonyl (C=O) groups is 1. The highest BCUT2D eigenvalue weighted by Gasteiger charge is 2.43. The van der Waals surface area contributed by atoms with Gasteiger partial charge in [0.05, 0.1) is 29.8 Å². The standard InChI is InChI=1S/C26H42N2O3.C4H10/c1-16(2)31-25(21(15-29)20-12-17(20)3)11-9-10-24(30)23-14-27-22(19(5)28-23)13-18(4)26(6,7)8;1-3-4-2/h13-14,16-17,20-21,25,29H,9-12,15H2,1-8H3;3-4H2,1-2H3/b18-13+;. The molecule has 1 heterocycles. The molecule has 0 spiro atoms. The van der Waals surface area contributed by atoms with Crippen molar-refractivity contribution < 1.29 is 14.6 Å². The lowest BCUT2D eigenvalue weighted by molar-refractivity contribution is -0.0521. The zero-order chi connectivity index (χ0) is 26.8. The fourth-order valence-electron chi connectivity index (χ4n) is 3.99. The predicted octanol–water partition coefficient (Wildman–Crippen LogP) is 7.45. The Balaban J connectivity index is 0.00000142. The molecule has 0 aromatic carbocycles. The quantitative estimate of drug-likeness (QED) is 0.309. The number of allylic oxidation sites excluding steroid dienone is 1. The smallest absolute Gasteiger partial charge is 0.182 e. The number of hydrogen-bond acceptors (Lipinski definition) is 5. The molecule has 200 valence electrons. The highest BCUT2D eigenvalue weighted by molar-refractivity contribution is 5.94. The number of unbranched alkanes of at least 4 members (excludes halogenated alkanes) is 1. The second kappa shape index (κ2) is 14.8. The van der Waals surface area contributed by atoms with E-state index in [1.807, 2.05) is 20.8 Å². The van der Waals surface area contributed by atoms with E-state index in [2.05, 4.69) is 64.5 Å². The predicted molar refractivity (Wildman–Crippen MR) is 146 cm³/mol. The van der Waals surface area contributed by atoms with Crippen molar-refractivity contribution in [1.82, 2.24) is 9.97 Å². The zero-order valence-electron chi connectivity index (χ0n) is 24.1. The molecule has 1 fully saturated rings. The van der Waals surface area contributed by atoms with E-state index >= 15 is 0 Å². The van der Waals surface area contributed by atoms with Crippen LogP contribution in [0.4, 0.5) is 0 Å². The van der Waals surface area contributed by atoms with Gasteiger partial charge in [-0.3, -0.25) is 9.78 Å². The Labute approximate surface area is 215 Å². The monoisotopic (exact) mass is 488 g/mol. The van der Waals surface area contributed by atoms with Gasteiger partial charge in [-0.05, 0) is 70.3 Å². The van der Waals surface area contributed by atoms with Crippen LogP contribution < -0.4 is 0 Å². The molecule has 0 radical (unpaired) electrons. The lowest BCUT2D eigenvalue weighted by Gasteiger charge is -2.28. The first-order valence-corrected chi connectivity index (χ1v) is 13.7. The molecule has 5 nitrogen and oxygen atoms in total. The molecule has 4 unspecified atom stereocenters. The van der Waals surface area contributed by atoms with Gasteiger partial charge in [-0.25, -0.2) is 4.98 Å². The van der Waals surface area contributed by atoms with Crippen molar-refractivity contribution in [3.8, 4) is 0 Å². The summed E-state index contributed by atoms with van der Waals surface area (Å²) in [5.74, 6) is 1.37. The van der Waals surface area contributed by atoms with Crippen molar-refractivity contribution in [3.63, 3.8) is 0 Å².